The molecule has 0 saturated heterocycles. The third-order valence-electron chi connectivity index (χ3n) is 3.43. The van der Waals surface area contributed by atoms with Crippen LogP contribution in [0.5, 0.6) is 0 Å². The van der Waals surface area contributed by atoms with Crippen molar-refractivity contribution in [1.29, 1.82) is 0 Å². The largest absolute Gasteiger partial charge is 0.298 e. The van der Waals surface area contributed by atoms with Crippen molar-refractivity contribution < 1.29 is 9.59 Å². The molecule has 3 aromatic rings. The Morgan fingerprint density at radius 3 is 2.41 bits per heavy atom. The van der Waals surface area contributed by atoms with Crippen LogP contribution in [0.1, 0.15) is 20.0 Å². The van der Waals surface area contributed by atoms with Crippen LogP contribution in [0.25, 0.3) is 10.1 Å². The number of thiophene rings is 1. The van der Waals surface area contributed by atoms with Gasteiger partial charge in [0.05, 0.1) is 15.6 Å². The van der Waals surface area contributed by atoms with E-state index in [2.05, 4.69) is 16.2 Å². The number of fused-ring (bicyclic) bond motifs is 1. The van der Waals surface area contributed by atoms with Gasteiger partial charge >= 0.3 is 0 Å². The van der Waals surface area contributed by atoms with Crippen molar-refractivity contribution in [3.63, 3.8) is 0 Å². The van der Waals surface area contributed by atoms with Crippen molar-refractivity contribution in [3.05, 3.63) is 68.0 Å². The van der Waals surface area contributed by atoms with E-state index in [1.807, 2.05) is 24.3 Å². The highest BCUT2D eigenvalue weighted by atomic mass is 35.5. The Morgan fingerprint density at radius 2 is 1.70 bits per heavy atom. The number of benzene rings is 2. The van der Waals surface area contributed by atoms with Crippen LogP contribution in [0.3, 0.4) is 0 Å². The Balaban J connectivity index is 1.62. The number of carbonyl (C=O) groups excluding carboxylic acids is 2. The predicted molar refractivity (Wildman–Crippen MR) is 114 cm³/mol. The third kappa shape index (κ3) is 4.51. The summed E-state index contributed by atoms with van der Waals surface area (Å²) in [6.07, 6.45) is 0. The number of hydrogen-bond donors (Lipinski definition) is 3. The van der Waals surface area contributed by atoms with E-state index < -0.39 is 11.8 Å². The van der Waals surface area contributed by atoms with Gasteiger partial charge in [-0.1, -0.05) is 53.0 Å². The summed E-state index contributed by atoms with van der Waals surface area (Å²) >= 11 is 24.3. The van der Waals surface area contributed by atoms with E-state index in [-0.39, 0.29) is 15.7 Å². The molecule has 27 heavy (non-hydrogen) atoms. The zero-order chi connectivity index (χ0) is 19.6. The lowest BCUT2D eigenvalue weighted by Gasteiger charge is -2.11. The van der Waals surface area contributed by atoms with Gasteiger partial charge in [0, 0.05) is 15.1 Å². The minimum absolute atomic E-state index is 0.100. The van der Waals surface area contributed by atoms with E-state index in [0.29, 0.717) is 14.9 Å². The molecule has 0 aliphatic carbocycles. The zero-order valence-corrected chi connectivity index (χ0v) is 17.2. The lowest BCUT2D eigenvalue weighted by atomic mass is 10.2. The lowest BCUT2D eigenvalue weighted by Crippen LogP contribution is -2.48. The zero-order valence-electron chi connectivity index (χ0n) is 13.3. The first-order chi connectivity index (χ1) is 12.9. The lowest BCUT2D eigenvalue weighted by molar-refractivity contribution is 0.0938. The summed E-state index contributed by atoms with van der Waals surface area (Å²) in [7, 11) is 0. The first-order valence-electron chi connectivity index (χ1n) is 7.40. The Bertz CT molecular complexity index is 1070. The Morgan fingerprint density at radius 1 is 0.963 bits per heavy atom. The van der Waals surface area contributed by atoms with Gasteiger partial charge in [0.1, 0.15) is 4.88 Å². The van der Waals surface area contributed by atoms with Crippen molar-refractivity contribution in [3.8, 4) is 0 Å². The minimum Gasteiger partial charge on any atom is -0.298 e. The van der Waals surface area contributed by atoms with Crippen molar-refractivity contribution >= 4 is 85.4 Å². The molecule has 0 atom stereocenters. The molecule has 0 radical (unpaired) electrons. The second-order valence-electron chi connectivity index (χ2n) is 5.23. The summed E-state index contributed by atoms with van der Waals surface area (Å²) in [5, 5.41) is 4.06. The van der Waals surface area contributed by atoms with Crippen molar-refractivity contribution in [2.45, 2.75) is 0 Å². The van der Waals surface area contributed by atoms with Crippen LogP contribution in [-0.2, 0) is 0 Å². The molecule has 1 heterocycles. The van der Waals surface area contributed by atoms with Gasteiger partial charge in [-0.05, 0) is 36.5 Å². The molecule has 0 saturated carbocycles. The van der Waals surface area contributed by atoms with Crippen LogP contribution >= 0.6 is 58.4 Å². The summed E-state index contributed by atoms with van der Waals surface area (Å²) in [5.41, 5.74) is 5.07. The molecule has 0 aliphatic rings. The maximum absolute atomic E-state index is 12.3. The molecule has 3 N–H and O–H groups in total. The maximum Gasteiger partial charge on any atom is 0.281 e. The van der Waals surface area contributed by atoms with E-state index >= 15 is 0 Å². The highest BCUT2D eigenvalue weighted by Crippen LogP contribution is 2.34. The monoisotopic (exact) mass is 457 g/mol. The van der Waals surface area contributed by atoms with Gasteiger partial charge in [-0.3, -0.25) is 25.8 Å². The molecule has 0 bridgehead atoms. The van der Waals surface area contributed by atoms with Gasteiger partial charge in [-0.25, -0.2) is 0 Å². The fourth-order valence-corrected chi connectivity index (χ4v) is 4.26. The number of nitrogens with one attached hydrogen (secondary N) is 3. The number of thiocarbonyl (C=S) groups is 1. The summed E-state index contributed by atoms with van der Waals surface area (Å²) in [6, 6.07) is 11.9. The molecule has 10 heteroatoms. The first kappa shape index (κ1) is 19.9. The van der Waals surface area contributed by atoms with E-state index in [9.17, 15) is 9.59 Å². The molecule has 2 amide bonds. The summed E-state index contributed by atoms with van der Waals surface area (Å²) < 4.78 is 0.890. The summed E-state index contributed by atoms with van der Waals surface area (Å²) in [4.78, 5) is 24.8. The first-order valence-corrected chi connectivity index (χ1v) is 9.76. The van der Waals surface area contributed by atoms with Crippen LogP contribution in [-0.4, -0.2) is 16.9 Å². The average molecular weight is 459 g/mol. The van der Waals surface area contributed by atoms with Crippen LogP contribution in [0.2, 0.25) is 15.1 Å². The normalized spacial score (nSPS) is 10.5. The predicted octanol–water partition coefficient (Wildman–Crippen LogP) is 4.81. The summed E-state index contributed by atoms with van der Waals surface area (Å²) in [5.74, 6) is -1.01. The van der Waals surface area contributed by atoms with E-state index in [4.69, 9.17) is 47.0 Å². The standard InChI is InChI=1S/C17H10Cl3N3O2S2/c18-8-5-6-9(11(19)7-8)15(24)21-17(26)23-22-16(25)14-13(20)10-3-1-2-4-12(10)27-14/h1-7H,(H,22,25)(H2,21,23,24,26). The SMILES string of the molecule is O=C(NC(=S)NNC(=O)c1sc2ccccc2c1Cl)c1ccc(Cl)cc1Cl. The van der Waals surface area contributed by atoms with Crippen molar-refractivity contribution in [2.24, 2.45) is 0 Å². The van der Waals surface area contributed by atoms with Crippen molar-refractivity contribution in [2.75, 3.05) is 0 Å². The number of hydrogen-bond acceptors (Lipinski definition) is 4. The topological polar surface area (TPSA) is 70.2 Å². The molecule has 5 nitrogen and oxygen atoms in total. The smallest absolute Gasteiger partial charge is 0.281 e. The second-order valence-corrected chi connectivity index (χ2v) is 7.91. The van der Waals surface area contributed by atoms with Crippen LogP contribution in [0, 0.1) is 0 Å². The minimum atomic E-state index is -0.539. The molecular formula is C17H10Cl3N3O2S2. The molecule has 138 valence electrons. The fourth-order valence-electron chi connectivity index (χ4n) is 2.21. The quantitative estimate of drug-likeness (QED) is 0.381. The Hall–Kier alpha value is -1.90. The maximum atomic E-state index is 12.3. The number of hydrazine groups is 1. The highest BCUT2D eigenvalue weighted by Gasteiger charge is 2.17. The van der Waals surface area contributed by atoms with Gasteiger partial charge in [-0.2, -0.15) is 0 Å². The molecule has 1 aromatic heterocycles. The Kier molecular flexibility index (Phi) is 6.18. The van der Waals surface area contributed by atoms with Gasteiger partial charge in [0.2, 0.25) is 0 Å². The molecule has 0 aliphatic heterocycles. The van der Waals surface area contributed by atoms with Crippen LogP contribution < -0.4 is 16.2 Å². The second kappa shape index (κ2) is 8.41. The molecule has 0 spiro atoms. The number of rotatable bonds is 2. The number of carbonyl (C=O) groups is 2. The van der Waals surface area contributed by atoms with E-state index in [0.717, 1.165) is 10.1 Å². The molecule has 2 aromatic carbocycles. The highest BCUT2D eigenvalue weighted by molar-refractivity contribution is 7.80. The molecule has 0 unspecified atom stereocenters. The van der Waals surface area contributed by atoms with Gasteiger partial charge in [0.25, 0.3) is 11.8 Å². The number of amides is 2. The van der Waals surface area contributed by atoms with Crippen LogP contribution in [0.15, 0.2) is 42.5 Å². The van der Waals surface area contributed by atoms with E-state index in [1.165, 1.54) is 29.5 Å². The Labute approximate surface area is 178 Å². The fraction of sp³-hybridized carbons (Fsp3) is 0. The summed E-state index contributed by atoms with van der Waals surface area (Å²) in [6.45, 7) is 0. The van der Waals surface area contributed by atoms with Gasteiger partial charge in [0.15, 0.2) is 5.11 Å². The number of halogens is 3. The molecular weight excluding hydrogens is 449 g/mol. The van der Waals surface area contributed by atoms with Gasteiger partial charge < -0.3 is 0 Å². The van der Waals surface area contributed by atoms with Crippen LogP contribution in [0.4, 0.5) is 0 Å². The third-order valence-corrected chi connectivity index (χ3v) is 5.86. The van der Waals surface area contributed by atoms with E-state index in [1.54, 1.807) is 0 Å². The van der Waals surface area contributed by atoms with Crippen molar-refractivity contribution in [1.82, 2.24) is 16.2 Å². The molecule has 0 fully saturated rings. The average Bonchev–Trinajstić information content (AvgIpc) is 2.97. The van der Waals surface area contributed by atoms with Gasteiger partial charge in [-0.15, -0.1) is 11.3 Å². The molecule has 3 rings (SSSR count).